The lowest BCUT2D eigenvalue weighted by molar-refractivity contribution is 0.663. The average molecular weight is 652 g/mol. The van der Waals surface area contributed by atoms with Crippen molar-refractivity contribution < 1.29 is 4.42 Å². The van der Waals surface area contributed by atoms with Gasteiger partial charge in [0.1, 0.15) is 11.2 Å². The third-order valence-corrected chi connectivity index (χ3v) is 11.6. The quantitative estimate of drug-likeness (QED) is 0.187. The van der Waals surface area contributed by atoms with Gasteiger partial charge in [-0.15, -0.1) is 0 Å². The fourth-order valence-corrected chi connectivity index (χ4v) is 9.34. The van der Waals surface area contributed by atoms with Gasteiger partial charge in [0, 0.05) is 37.9 Å². The first-order valence-corrected chi connectivity index (χ1v) is 17.6. The van der Waals surface area contributed by atoms with Gasteiger partial charge in [-0.2, -0.15) is 0 Å². The molecule has 4 nitrogen and oxygen atoms in total. The summed E-state index contributed by atoms with van der Waals surface area (Å²) in [6.07, 6.45) is 0. The zero-order valence-electron chi connectivity index (χ0n) is 28.0. The molecule has 3 heterocycles. The second kappa shape index (κ2) is 9.38. The van der Waals surface area contributed by atoms with Gasteiger partial charge in [-0.05, 0) is 73.8 Å². The van der Waals surface area contributed by atoms with Gasteiger partial charge in [-0.25, -0.2) is 9.97 Å². The molecule has 4 heteroatoms. The van der Waals surface area contributed by atoms with Gasteiger partial charge in [-0.3, -0.25) is 4.57 Å². The van der Waals surface area contributed by atoms with Gasteiger partial charge in [0.2, 0.25) is 5.95 Å². The fraction of sp³-hybridized carbons (Fsp3) is 0.0638. The summed E-state index contributed by atoms with van der Waals surface area (Å²) in [7, 11) is 0. The van der Waals surface area contributed by atoms with E-state index in [-0.39, 0.29) is 5.41 Å². The van der Waals surface area contributed by atoms with Gasteiger partial charge in [-0.1, -0.05) is 123 Å². The first-order chi connectivity index (χ1) is 25.1. The molecule has 11 aromatic rings. The van der Waals surface area contributed by atoms with Crippen LogP contribution in [0.3, 0.4) is 0 Å². The van der Waals surface area contributed by atoms with E-state index in [1.54, 1.807) is 0 Å². The Morgan fingerprint density at radius 2 is 1.10 bits per heavy atom. The van der Waals surface area contributed by atoms with E-state index in [4.69, 9.17) is 14.4 Å². The summed E-state index contributed by atoms with van der Waals surface area (Å²) in [5.41, 5.74) is 9.21. The molecule has 0 bridgehead atoms. The zero-order valence-corrected chi connectivity index (χ0v) is 28.0. The second-order valence-electron chi connectivity index (χ2n) is 14.5. The molecule has 0 atom stereocenters. The Kier molecular flexibility index (Phi) is 5.02. The Balaban J connectivity index is 1.28. The molecular weight excluding hydrogens is 623 g/mol. The van der Waals surface area contributed by atoms with Gasteiger partial charge < -0.3 is 4.42 Å². The molecule has 0 amide bonds. The average Bonchev–Trinajstić information content (AvgIpc) is 3.79. The molecule has 8 aromatic carbocycles. The first kappa shape index (κ1) is 27.3. The highest BCUT2D eigenvalue weighted by Crippen LogP contribution is 2.53. The summed E-state index contributed by atoms with van der Waals surface area (Å²) in [6, 6.07) is 50.1. The second-order valence-corrected chi connectivity index (χ2v) is 14.5. The summed E-state index contributed by atoms with van der Waals surface area (Å²) in [4.78, 5) is 10.8. The lowest BCUT2D eigenvalue weighted by Crippen LogP contribution is -2.15. The maximum atomic E-state index is 6.56. The predicted molar refractivity (Wildman–Crippen MR) is 211 cm³/mol. The Labute approximate surface area is 292 Å². The molecule has 1 aliphatic carbocycles. The van der Waals surface area contributed by atoms with Gasteiger partial charge in [0.15, 0.2) is 0 Å². The molecule has 0 saturated carbocycles. The molecule has 1 aliphatic rings. The molecule has 0 N–H and O–H groups in total. The highest BCUT2D eigenvalue weighted by atomic mass is 16.3. The number of hydrogen-bond donors (Lipinski definition) is 0. The van der Waals surface area contributed by atoms with Crippen LogP contribution in [0.25, 0.3) is 104 Å². The van der Waals surface area contributed by atoms with Crippen LogP contribution < -0.4 is 0 Å². The van der Waals surface area contributed by atoms with Crippen molar-refractivity contribution in [3.8, 4) is 17.2 Å². The van der Waals surface area contributed by atoms with Crippen molar-refractivity contribution >= 4 is 87.0 Å². The topological polar surface area (TPSA) is 43.9 Å². The highest BCUT2D eigenvalue weighted by molar-refractivity contribution is 6.35. The molecule has 0 radical (unpaired) electrons. The largest absolute Gasteiger partial charge is 0.455 e. The number of rotatable bonds is 2. The lowest BCUT2D eigenvalue weighted by Gasteiger charge is -2.22. The Morgan fingerprint density at radius 3 is 1.94 bits per heavy atom. The maximum absolute atomic E-state index is 6.56. The molecule has 238 valence electrons. The maximum Gasteiger partial charge on any atom is 0.235 e. The van der Waals surface area contributed by atoms with Crippen LogP contribution >= 0.6 is 0 Å². The van der Waals surface area contributed by atoms with E-state index in [0.29, 0.717) is 5.95 Å². The molecule has 0 fully saturated rings. The van der Waals surface area contributed by atoms with Crippen molar-refractivity contribution in [3.05, 3.63) is 151 Å². The molecule has 51 heavy (non-hydrogen) atoms. The summed E-state index contributed by atoms with van der Waals surface area (Å²) < 4.78 is 8.86. The van der Waals surface area contributed by atoms with Crippen LogP contribution in [0.4, 0.5) is 0 Å². The van der Waals surface area contributed by atoms with Crippen LogP contribution in [0.5, 0.6) is 0 Å². The summed E-state index contributed by atoms with van der Waals surface area (Å²) in [6.45, 7) is 4.74. The number of para-hydroxylation sites is 3. The lowest BCUT2D eigenvalue weighted by atomic mass is 9.81. The fourth-order valence-electron chi connectivity index (χ4n) is 9.34. The molecule has 0 aliphatic heterocycles. The number of furan rings is 1. The Morgan fingerprint density at radius 1 is 0.471 bits per heavy atom. The number of fused-ring (bicyclic) bond motifs is 7. The monoisotopic (exact) mass is 651 g/mol. The summed E-state index contributed by atoms with van der Waals surface area (Å²) in [5, 5.41) is 13.4. The van der Waals surface area contributed by atoms with E-state index < -0.39 is 0 Å². The standard InChI is InChI=1S/C47H29N3O/c1-47(2)34-20-10-16-29-26-12-3-4-13-27(26)30-17-11-22-37-41(30)43-38(25-24-35(47)42(43)40(29)34)50(37)46-48-36-21-7-5-15-32(36)44(49-46)33-19-9-18-31-28-14-6-8-23-39(28)51-45(31)33/h3-25H,1-2H3. The van der Waals surface area contributed by atoms with Gasteiger partial charge in [0.05, 0.1) is 22.2 Å². The molecule has 0 spiro atoms. The smallest absolute Gasteiger partial charge is 0.235 e. The SMILES string of the molecule is CC1(C)c2cccc3c4ccccc4c4cccc5c4c4c(c1ccc4n5-c1nc(-c4cccc5c4oc4ccccc45)c4ccccc4n1)c23. The van der Waals surface area contributed by atoms with Crippen molar-refractivity contribution in [1.29, 1.82) is 0 Å². The molecule has 0 saturated heterocycles. The van der Waals surface area contributed by atoms with Crippen LogP contribution in [-0.4, -0.2) is 14.5 Å². The number of nitrogens with zero attached hydrogens (tertiary/aromatic N) is 3. The van der Waals surface area contributed by atoms with Crippen LogP contribution in [0.15, 0.2) is 144 Å². The minimum Gasteiger partial charge on any atom is -0.455 e. The van der Waals surface area contributed by atoms with E-state index in [9.17, 15) is 0 Å². The number of hydrogen-bond acceptors (Lipinski definition) is 3. The summed E-state index contributed by atoms with van der Waals surface area (Å²) >= 11 is 0. The Hall–Kier alpha value is -6.52. The normalized spacial score (nSPS) is 13.8. The van der Waals surface area contributed by atoms with Crippen LogP contribution in [0.2, 0.25) is 0 Å². The van der Waals surface area contributed by atoms with Gasteiger partial charge in [0.25, 0.3) is 0 Å². The van der Waals surface area contributed by atoms with Crippen molar-refractivity contribution in [1.82, 2.24) is 14.5 Å². The van der Waals surface area contributed by atoms with Crippen molar-refractivity contribution in [2.45, 2.75) is 19.3 Å². The van der Waals surface area contributed by atoms with E-state index in [1.807, 2.05) is 12.1 Å². The van der Waals surface area contributed by atoms with Crippen LogP contribution in [-0.2, 0) is 5.41 Å². The minimum absolute atomic E-state index is 0.143. The van der Waals surface area contributed by atoms with E-state index >= 15 is 0 Å². The zero-order chi connectivity index (χ0) is 33.6. The molecule has 0 unspecified atom stereocenters. The van der Waals surface area contributed by atoms with Crippen molar-refractivity contribution in [2.24, 2.45) is 0 Å². The third kappa shape index (κ3) is 3.35. The highest BCUT2D eigenvalue weighted by Gasteiger charge is 2.36. The van der Waals surface area contributed by atoms with Gasteiger partial charge >= 0.3 is 0 Å². The van der Waals surface area contributed by atoms with Crippen molar-refractivity contribution in [3.63, 3.8) is 0 Å². The first-order valence-electron chi connectivity index (χ1n) is 17.6. The number of aromatic nitrogens is 3. The molecule has 3 aromatic heterocycles. The van der Waals surface area contributed by atoms with E-state index in [0.717, 1.165) is 55.1 Å². The summed E-state index contributed by atoms with van der Waals surface area (Å²) in [5.74, 6) is 0.646. The predicted octanol–water partition coefficient (Wildman–Crippen LogP) is 12.4. The minimum atomic E-state index is -0.143. The molecule has 12 rings (SSSR count). The number of benzene rings is 7. The van der Waals surface area contributed by atoms with E-state index in [1.165, 1.54) is 54.2 Å². The third-order valence-electron chi connectivity index (χ3n) is 11.6. The molecular formula is C47H29N3O. The van der Waals surface area contributed by atoms with Crippen LogP contribution in [0, 0.1) is 0 Å². The van der Waals surface area contributed by atoms with Crippen molar-refractivity contribution in [2.75, 3.05) is 0 Å². The van der Waals surface area contributed by atoms with Crippen LogP contribution in [0.1, 0.15) is 25.0 Å². The van der Waals surface area contributed by atoms with E-state index in [2.05, 4.69) is 146 Å². The Bertz CT molecular complexity index is 3340.